The number of aliphatic carboxylic acids is 4. The summed E-state index contributed by atoms with van der Waals surface area (Å²) in [4.78, 5) is 61.5. The van der Waals surface area contributed by atoms with Gasteiger partial charge in [0.2, 0.25) is 0 Å². The van der Waals surface area contributed by atoms with Gasteiger partial charge in [0.1, 0.15) is 0 Å². The van der Waals surface area contributed by atoms with Crippen LogP contribution in [0.15, 0.2) is 181 Å². The highest BCUT2D eigenvalue weighted by atomic mass is 16.4. The van der Waals surface area contributed by atoms with E-state index < -0.39 is 52.1 Å². The van der Waals surface area contributed by atoms with Crippen LogP contribution < -0.4 is 4.90 Å². The number of aryl methyl sites for hydroxylation is 1. The van der Waals surface area contributed by atoms with Crippen molar-refractivity contribution in [2.24, 2.45) is 0 Å². The summed E-state index contributed by atoms with van der Waals surface area (Å²) in [5.74, 6) is -5.34. The molecule has 0 bridgehead atoms. The van der Waals surface area contributed by atoms with Crippen LogP contribution in [0.2, 0.25) is 0 Å². The van der Waals surface area contributed by atoms with E-state index in [0.29, 0.717) is 22.3 Å². The van der Waals surface area contributed by atoms with Crippen LogP contribution in [0.25, 0.3) is 67.0 Å². The minimum atomic E-state index is -1.34. The predicted octanol–water partition coefficient (Wildman–Crippen LogP) is 14.7. The third-order valence-electron chi connectivity index (χ3n) is 13.2. The Hall–Kier alpha value is -11.4. The molecule has 382 valence electrons. The van der Waals surface area contributed by atoms with E-state index in [1.165, 1.54) is 24.3 Å². The van der Waals surface area contributed by atoms with E-state index in [-0.39, 0.29) is 0 Å². The molecule has 8 rings (SSSR count). The molecule has 0 aliphatic carbocycles. The van der Waals surface area contributed by atoms with E-state index in [1.807, 2.05) is 79.7 Å². The number of fused-ring (bicyclic) bond motifs is 2. The highest BCUT2D eigenvalue weighted by Gasteiger charge is 2.37. The van der Waals surface area contributed by atoms with Crippen molar-refractivity contribution < 1.29 is 39.6 Å². The van der Waals surface area contributed by atoms with Crippen LogP contribution in [0.3, 0.4) is 0 Å². The standard InChI is InChI=1S/C66H45N5O8/c1-40-8-28-51(29-9-40)71-60-30-18-45(32-52(47-20-10-41(11-21-47)36-56(67-4)62(72)73)48-22-12-42(13-23-48)37-57(68-5)63(74)75)34-54(60)66(2,3)55-35-46(19-31-61(55)71)33-53(49-24-14-43(15-25-49)38-58(69-6)64(76)77)50-26-16-44(17-27-50)39-59(70-7)65(78)79/h8-39H,1-3H3,(H,72,73)(H,74,75)(H,76,77)(H,78,79). The highest BCUT2D eigenvalue weighted by Crippen LogP contribution is 2.53. The van der Waals surface area contributed by atoms with Crippen molar-refractivity contribution in [3.8, 4) is 0 Å². The first-order valence-electron chi connectivity index (χ1n) is 24.2. The molecular weight excluding hydrogens is 991 g/mol. The first kappa shape index (κ1) is 53.9. The molecule has 4 N–H and O–H groups in total. The lowest BCUT2D eigenvalue weighted by Crippen LogP contribution is -2.30. The summed E-state index contributed by atoms with van der Waals surface area (Å²) in [6.45, 7) is 35.7. The average molecular weight is 1040 g/mol. The summed E-state index contributed by atoms with van der Waals surface area (Å²) >= 11 is 0. The first-order chi connectivity index (χ1) is 37.9. The van der Waals surface area contributed by atoms with Gasteiger partial charge in [0.25, 0.3) is 22.8 Å². The predicted molar refractivity (Wildman–Crippen MR) is 307 cm³/mol. The number of nitrogens with zero attached hydrogens (tertiary/aromatic N) is 5. The van der Waals surface area contributed by atoms with Gasteiger partial charge >= 0.3 is 23.9 Å². The second-order valence-corrected chi connectivity index (χ2v) is 18.7. The van der Waals surface area contributed by atoms with E-state index in [9.17, 15) is 39.6 Å². The molecule has 7 aromatic carbocycles. The van der Waals surface area contributed by atoms with Crippen LogP contribution >= 0.6 is 0 Å². The molecule has 1 heterocycles. The lowest BCUT2D eigenvalue weighted by atomic mass is 9.72. The van der Waals surface area contributed by atoms with Gasteiger partial charge in [0, 0.05) is 11.1 Å². The Kier molecular flexibility index (Phi) is 15.7. The van der Waals surface area contributed by atoms with Crippen molar-refractivity contribution >= 4 is 88.5 Å². The second-order valence-electron chi connectivity index (χ2n) is 18.7. The van der Waals surface area contributed by atoms with Crippen LogP contribution in [-0.4, -0.2) is 44.3 Å². The molecule has 0 amide bonds. The smallest absolute Gasteiger partial charge is 0.333 e. The Morgan fingerprint density at radius 1 is 0.392 bits per heavy atom. The van der Waals surface area contributed by atoms with Gasteiger partial charge in [-0.1, -0.05) is 141 Å². The summed E-state index contributed by atoms with van der Waals surface area (Å²) in [6.07, 6.45) is 9.30. The number of hydrogen-bond acceptors (Lipinski definition) is 5. The summed E-state index contributed by atoms with van der Waals surface area (Å²) in [5, 5.41) is 38.1. The summed E-state index contributed by atoms with van der Waals surface area (Å²) in [5.41, 5.74) is 12.0. The number of carboxylic acids is 4. The van der Waals surface area contributed by atoms with E-state index in [0.717, 1.165) is 78.3 Å². The van der Waals surface area contributed by atoms with E-state index in [4.69, 9.17) is 26.3 Å². The van der Waals surface area contributed by atoms with Crippen molar-refractivity contribution in [1.82, 2.24) is 0 Å². The van der Waals surface area contributed by atoms with Gasteiger partial charge in [0.15, 0.2) is 0 Å². The number of carbonyl (C=O) groups is 4. The quantitative estimate of drug-likeness (QED) is 0.0443. The van der Waals surface area contributed by atoms with Gasteiger partial charge in [-0.3, -0.25) is 19.2 Å². The molecule has 1 aliphatic rings. The van der Waals surface area contributed by atoms with Crippen LogP contribution in [0.5, 0.6) is 0 Å². The molecule has 13 heteroatoms. The minimum absolute atomic E-state index is 0.429. The Bertz CT molecular complexity index is 3590. The van der Waals surface area contributed by atoms with Gasteiger partial charge < -0.3 is 25.3 Å². The third-order valence-corrected chi connectivity index (χ3v) is 13.2. The van der Waals surface area contributed by atoms with Crippen molar-refractivity contribution in [2.45, 2.75) is 26.2 Å². The topological polar surface area (TPSA) is 170 Å². The number of carboxylic acid groups (broad SMARTS) is 4. The second kappa shape index (κ2) is 23.0. The molecule has 0 aromatic heterocycles. The van der Waals surface area contributed by atoms with Crippen LogP contribution in [0.4, 0.5) is 17.1 Å². The number of rotatable bonds is 15. The Morgan fingerprint density at radius 2 is 0.658 bits per heavy atom. The lowest BCUT2D eigenvalue weighted by Gasteiger charge is -2.42. The molecule has 0 unspecified atom stereocenters. The largest absolute Gasteiger partial charge is 0.486 e. The monoisotopic (exact) mass is 1040 g/mol. The fraction of sp³-hybridized carbons (Fsp3) is 0.0606. The molecular formula is C66H45N5O8. The highest BCUT2D eigenvalue weighted by molar-refractivity contribution is 5.99. The van der Waals surface area contributed by atoms with Gasteiger partial charge in [-0.05, 0) is 158 Å². The SMILES string of the molecule is [C-]#[N+]C(=Cc1ccc(C(=Cc2ccc3c(c2)C(C)(C)c2cc(C=C(c4ccc(C=C([N+]#[C-])C(=O)O)cc4)c4ccc(C=C([N+]#[C-])C(=O)O)cc4)ccc2N3c2ccc(C)cc2)c2ccc(C=C([N+]#[C-])C(=O)O)cc2)cc1)C(=O)O. The normalized spacial score (nSPS) is 12.7. The molecule has 7 aromatic rings. The summed E-state index contributed by atoms with van der Waals surface area (Å²) in [6, 6.07) is 49.4. The Balaban J connectivity index is 1.29. The van der Waals surface area contributed by atoms with Gasteiger partial charge in [-0.2, -0.15) is 0 Å². The zero-order valence-corrected chi connectivity index (χ0v) is 42.6. The fourth-order valence-electron chi connectivity index (χ4n) is 9.16. The van der Waals surface area contributed by atoms with Gasteiger partial charge in [0.05, 0.1) is 37.7 Å². The third kappa shape index (κ3) is 11.9. The molecule has 0 saturated carbocycles. The van der Waals surface area contributed by atoms with Crippen molar-refractivity contribution in [1.29, 1.82) is 0 Å². The van der Waals surface area contributed by atoms with E-state index >= 15 is 0 Å². The lowest BCUT2D eigenvalue weighted by molar-refractivity contribution is -0.133. The average Bonchev–Trinajstić information content (AvgIpc) is 3.62. The molecule has 0 saturated heterocycles. The zero-order valence-electron chi connectivity index (χ0n) is 42.6. The number of hydrogen-bond donors (Lipinski definition) is 4. The molecule has 13 nitrogen and oxygen atoms in total. The number of benzene rings is 7. The van der Waals surface area contributed by atoms with Crippen molar-refractivity contribution in [3.05, 3.63) is 299 Å². The molecule has 0 fully saturated rings. The maximum atomic E-state index is 11.7. The fourth-order valence-corrected chi connectivity index (χ4v) is 9.16. The van der Waals surface area contributed by atoms with Crippen molar-refractivity contribution in [2.75, 3.05) is 4.90 Å². The van der Waals surface area contributed by atoms with Crippen LogP contribution in [0, 0.1) is 33.2 Å². The van der Waals surface area contributed by atoms with E-state index in [2.05, 4.69) is 86.7 Å². The molecule has 0 radical (unpaired) electrons. The van der Waals surface area contributed by atoms with E-state index in [1.54, 1.807) is 48.5 Å². The molecule has 0 atom stereocenters. The van der Waals surface area contributed by atoms with Gasteiger partial charge in [-0.15, -0.1) is 0 Å². The Labute approximate surface area is 455 Å². The van der Waals surface area contributed by atoms with Crippen molar-refractivity contribution in [3.63, 3.8) is 0 Å². The van der Waals surface area contributed by atoms with Crippen LogP contribution in [0.1, 0.15) is 86.2 Å². The maximum absolute atomic E-state index is 11.7. The summed E-state index contributed by atoms with van der Waals surface area (Å²) < 4.78 is 0. The maximum Gasteiger partial charge on any atom is 0.333 e. The molecule has 0 spiro atoms. The Morgan fingerprint density at radius 3 is 0.911 bits per heavy atom. The number of anilines is 3. The first-order valence-corrected chi connectivity index (χ1v) is 24.2. The molecule has 1 aliphatic heterocycles. The summed E-state index contributed by atoms with van der Waals surface area (Å²) in [7, 11) is 0. The van der Waals surface area contributed by atoms with Gasteiger partial charge in [-0.25, -0.2) is 19.4 Å². The van der Waals surface area contributed by atoms with Crippen LogP contribution in [-0.2, 0) is 24.6 Å². The minimum Gasteiger partial charge on any atom is -0.486 e. The molecule has 79 heavy (non-hydrogen) atoms. The zero-order chi connectivity index (χ0) is 56.5.